The number of carboxylic acid groups (broad SMARTS) is 1. The molecule has 28 heavy (non-hydrogen) atoms. The Balaban J connectivity index is 2.10. The van der Waals surface area contributed by atoms with Crippen molar-refractivity contribution in [2.75, 3.05) is 32.2 Å². The first kappa shape index (κ1) is 20.2. The smallest absolute Gasteiger partial charge is 0.314 e. The van der Waals surface area contributed by atoms with Crippen LogP contribution in [0, 0.1) is 12.3 Å². The monoisotopic (exact) mass is 388 g/mol. The van der Waals surface area contributed by atoms with Crippen molar-refractivity contribution in [2.24, 2.45) is 5.41 Å². The maximum Gasteiger partial charge on any atom is 0.314 e. The van der Waals surface area contributed by atoms with Crippen LogP contribution in [-0.4, -0.2) is 54.6 Å². The summed E-state index contributed by atoms with van der Waals surface area (Å²) >= 11 is 0. The number of benzene rings is 1. The van der Waals surface area contributed by atoms with Crippen molar-refractivity contribution in [3.05, 3.63) is 23.8 Å². The van der Waals surface area contributed by atoms with Gasteiger partial charge < -0.3 is 24.6 Å². The standard InChI is InChI=1S/C21H28N2O5/c1-5-9-21(20(25)26)12-23(10-8-16(21)24)17-11-13(2)18-14(27-3)6-7-15(28-4)19(18)22-17/h6-7,11,16,24H,5,8-10,12H2,1-4H3,(H,25,26)/t16-,21+/m1/s1. The zero-order chi connectivity index (χ0) is 20.5. The first-order valence-electron chi connectivity index (χ1n) is 9.56. The number of aromatic nitrogens is 1. The molecular formula is C21H28N2O5. The average Bonchev–Trinajstić information content (AvgIpc) is 2.68. The largest absolute Gasteiger partial charge is 0.496 e. The number of aliphatic carboxylic acids is 1. The number of aliphatic hydroxyl groups is 1. The minimum absolute atomic E-state index is 0.224. The average molecular weight is 388 g/mol. The second-order valence-electron chi connectivity index (χ2n) is 7.43. The Hall–Kier alpha value is -2.54. The van der Waals surface area contributed by atoms with Gasteiger partial charge in [-0.3, -0.25) is 4.79 Å². The zero-order valence-electron chi connectivity index (χ0n) is 16.9. The predicted octanol–water partition coefficient (Wildman–Crippen LogP) is 3.00. The summed E-state index contributed by atoms with van der Waals surface area (Å²) in [5, 5.41) is 21.3. The molecule has 1 aliphatic rings. The van der Waals surface area contributed by atoms with Crippen LogP contribution in [0.25, 0.3) is 10.9 Å². The molecule has 1 fully saturated rings. The fourth-order valence-electron chi connectivity index (χ4n) is 4.24. The summed E-state index contributed by atoms with van der Waals surface area (Å²) in [6, 6.07) is 5.61. The highest BCUT2D eigenvalue weighted by molar-refractivity contribution is 5.94. The van der Waals surface area contributed by atoms with Gasteiger partial charge in [-0.1, -0.05) is 13.3 Å². The van der Waals surface area contributed by atoms with E-state index in [1.807, 2.05) is 36.9 Å². The summed E-state index contributed by atoms with van der Waals surface area (Å²) in [7, 11) is 3.21. The van der Waals surface area contributed by atoms with Gasteiger partial charge in [-0.15, -0.1) is 0 Å². The number of carbonyl (C=O) groups is 1. The number of ether oxygens (including phenoxy) is 2. The summed E-state index contributed by atoms with van der Waals surface area (Å²) < 4.78 is 11.0. The third-order valence-corrected chi connectivity index (χ3v) is 5.74. The Labute approximate surface area is 164 Å². The SMILES string of the molecule is CCC[C@]1(C(=O)O)CN(c2cc(C)c3c(OC)ccc(OC)c3n2)CC[C@H]1O. The van der Waals surface area contributed by atoms with Gasteiger partial charge >= 0.3 is 5.97 Å². The van der Waals surface area contributed by atoms with Crippen LogP contribution in [0.5, 0.6) is 11.5 Å². The number of piperidine rings is 1. The molecule has 1 aromatic carbocycles. The number of pyridine rings is 1. The number of aliphatic hydroxyl groups excluding tert-OH is 1. The van der Waals surface area contributed by atoms with E-state index in [0.29, 0.717) is 48.6 Å². The van der Waals surface area contributed by atoms with Crippen molar-refractivity contribution in [1.82, 2.24) is 4.98 Å². The lowest BCUT2D eigenvalue weighted by atomic mass is 9.74. The van der Waals surface area contributed by atoms with E-state index in [4.69, 9.17) is 14.5 Å². The Morgan fingerprint density at radius 1 is 1.32 bits per heavy atom. The van der Waals surface area contributed by atoms with E-state index in [0.717, 1.165) is 10.9 Å². The van der Waals surface area contributed by atoms with Crippen LogP contribution in [0.3, 0.4) is 0 Å². The van der Waals surface area contributed by atoms with Crippen LogP contribution in [-0.2, 0) is 4.79 Å². The fraction of sp³-hybridized carbons (Fsp3) is 0.524. The van der Waals surface area contributed by atoms with Crippen molar-refractivity contribution < 1.29 is 24.5 Å². The molecule has 1 saturated heterocycles. The van der Waals surface area contributed by atoms with Gasteiger partial charge in [0.2, 0.25) is 0 Å². The van der Waals surface area contributed by atoms with E-state index in [9.17, 15) is 15.0 Å². The van der Waals surface area contributed by atoms with E-state index in [-0.39, 0.29) is 6.54 Å². The number of nitrogens with zero attached hydrogens (tertiary/aromatic N) is 2. The molecule has 1 aliphatic heterocycles. The van der Waals surface area contributed by atoms with Crippen molar-refractivity contribution in [1.29, 1.82) is 0 Å². The molecule has 0 saturated carbocycles. The van der Waals surface area contributed by atoms with Gasteiger partial charge in [-0.2, -0.15) is 0 Å². The number of rotatable bonds is 6. The highest BCUT2D eigenvalue weighted by Gasteiger charge is 2.48. The molecule has 0 bridgehead atoms. The molecule has 7 heteroatoms. The number of methoxy groups -OCH3 is 2. The topological polar surface area (TPSA) is 92.1 Å². The first-order chi connectivity index (χ1) is 13.4. The zero-order valence-corrected chi connectivity index (χ0v) is 16.9. The van der Waals surface area contributed by atoms with Crippen LogP contribution in [0.1, 0.15) is 31.7 Å². The molecule has 3 rings (SSSR count). The van der Waals surface area contributed by atoms with Crippen molar-refractivity contribution in [3.8, 4) is 11.5 Å². The Kier molecular flexibility index (Phi) is 5.65. The predicted molar refractivity (Wildman–Crippen MR) is 107 cm³/mol. The number of aryl methyl sites for hydroxylation is 1. The number of fused-ring (bicyclic) bond motifs is 1. The fourth-order valence-corrected chi connectivity index (χ4v) is 4.24. The summed E-state index contributed by atoms with van der Waals surface area (Å²) in [6.07, 6.45) is 0.633. The maximum atomic E-state index is 12.1. The van der Waals surface area contributed by atoms with Crippen molar-refractivity contribution in [3.63, 3.8) is 0 Å². The number of anilines is 1. The van der Waals surface area contributed by atoms with Crippen LogP contribution >= 0.6 is 0 Å². The Morgan fingerprint density at radius 3 is 2.61 bits per heavy atom. The first-order valence-corrected chi connectivity index (χ1v) is 9.56. The number of hydrogen-bond donors (Lipinski definition) is 2. The second kappa shape index (κ2) is 7.83. The van der Waals surface area contributed by atoms with Gasteiger partial charge in [0.1, 0.15) is 28.2 Å². The molecule has 2 heterocycles. The Bertz CT molecular complexity index is 885. The highest BCUT2D eigenvalue weighted by Crippen LogP contribution is 2.40. The highest BCUT2D eigenvalue weighted by atomic mass is 16.5. The van der Waals surface area contributed by atoms with E-state index < -0.39 is 17.5 Å². The van der Waals surface area contributed by atoms with E-state index in [1.54, 1.807) is 14.2 Å². The molecule has 0 aliphatic carbocycles. The summed E-state index contributed by atoms with van der Waals surface area (Å²) in [4.78, 5) is 18.8. The lowest BCUT2D eigenvalue weighted by Crippen LogP contribution is -2.56. The molecule has 2 N–H and O–H groups in total. The third kappa shape index (κ3) is 3.24. The van der Waals surface area contributed by atoms with Crippen LogP contribution < -0.4 is 14.4 Å². The van der Waals surface area contributed by atoms with Crippen LogP contribution in [0.15, 0.2) is 18.2 Å². The van der Waals surface area contributed by atoms with E-state index in [1.165, 1.54) is 0 Å². The van der Waals surface area contributed by atoms with Gasteiger partial charge in [0, 0.05) is 18.5 Å². The molecule has 2 aromatic rings. The number of carboxylic acids is 1. The summed E-state index contributed by atoms with van der Waals surface area (Å²) in [6.45, 7) is 4.68. The van der Waals surface area contributed by atoms with Crippen molar-refractivity contribution in [2.45, 2.75) is 39.2 Å². The number of hydrogen-bond acceptors (Lipinski definition) is 6. The molecule has 7 nitrogen and oxygen atoms in total. The van der Waals surface area contributed by atoms with Gasteiger partial charge in [-0.05, 0) is 43.5 Å². The van der Waals surface area contributed by atoms with Gasteiger partial charge in [0.05, 0.1) is 20.3 Å². The van der Waals surface area contributed by atoms with Crippen molar-refractivity contribution >= 4 is 22.7 Å². The van der Waals surface area contributed by atoms with Crippen LogP contribution in [0.4, 0.5) is 5.82 Å². The summed E-state index contributed by atoms with van der Waals surface area (Å²) in [5.74, 6) is 1.08. The minimum Gasteiger partial charge on any atom is -0.496 e. The minimum atomic E-state index is -1.18. The lowest BCUT2D eigenvalue weighted by Gasteiger charge is -2.44. The quantitative estimate of drug-likeness (QED) is 0.786. The van der Waals surface area contributed by atoms with E-state index in [2.05, 4.69) is 0 Å². The van der Waals surface area contributed by atoms with Crippen LogP contribution in [0.2, 0.25) is 0 Å². The molecule has 1 aromatic heterocycles. The van der Waals surface area contributed by atoms with E-state index >= 15 is 0 Å². The van der Waals surface area contributed by atoms with Gasteiger partial charge in [0.15, 0.2) is 0 Å². The van der Waals surface area contributed by atoms with Gasteiger partial charge in [-0.25, -0.2) is 4.98 Å². The Morgan fingerprint density at radius 2 is 2.00 bits per heavy atom. The third-order valence-electron chi connectivity index (χ3n) is 5.74. The normalized spacial score (nSPS) is 22.3. The molecule has 2 atom stereocenters. The molecular weight excluding hydrogens is 360 g/mol. The summed E-state index contributed by atoms with van der Waals surface area (Å²) in [5.41, 5.74) is 0.466. The molecule has 0 unspecified atom stereocenters. The second-order valence-corrected chi connectivity index (χ2v) is 7.43. The molecule has 152 valence electrons. The van der Waals surface area contributed by atoms with Gasteiger partial charge in [0.25, 0.3) is 0 Å². The molecule has 0 radical (unpaired) electrons. The molecule has 0 spiro atoms. The maximum absolute atomic E-state index is 12.1. The molecule has 0 amide bonds. The lowest BCUT2D eigenvalue weighted by molar-refractivity contribution is -0.158.